The van der Waals surface area contributed by atoms with E-state index in [1.165, 1.54) is 12.1 Å². The van der Waals surface area contributed by atoms with Gasteiger partial charge in [-0.25, -0.2) is 4.39 Å². The van der Waals surface area contributed by atoms with Crippen molar-refractivity contribution >= 4 is 11.4 Å². The van der Waals surface area contributed by atoms with Crippen LogP contribution in [0, 0.1) is 15.9 Å². The maximum absolute atomic E-state index is 13.0. The Bertz CT molecular complexity index is 431. The minimum Gasteiger partial charge on any atom is -0.366 e. The number of rotatable bonds is 3. The van der Waals surface area contributed by atoms with E-state index in [2.05, 4.69) is 0 Å². The Labute approximate surface area is 99.2 Å². The molecule has 1 aliphatic rings. The summed E-state index contributed by atoms with van der Waals surface area (Å²) in [6.45, 7) is 0. The summed E-state index contributed by atoms with van der Waals surface area (Å²) < 4.78 is 13.0. The molecule has 0 radical (unpaired) electrons. The Kier molecular flexibility index (Phi) is 3.26. The molecule has 0 saturated heterocycles. The Morgan fingerprint density at radius 1 is 1.41 bits per heavy atom. The zero-order valence-electron chi connectivity index (χ0n) is 9.73. The molecule has 1 fully saturated rings. The minimum absolute atomic E-state index is 0.153. The van der Waals surface area contributed by atoms with E-state index in [1.54, 1.807) is 0 Å². The molecule has 0 unspecified atom stereocenters. The molecule has 0 atom stereocenters. The topological polar surface area (TPSA) is 46.4 Å². The Balaban J connectivity index is 2.33. The highest BCUT2D eigenvalue weighted by Gasteiger charge is 2.25. The summed E-state index contributed by atoms with van der Waals surface area (Å²) in [4.78, 5) is 12.3. The molecule has 0 aliphatic heterocycles. The smallest absolute Gasteiger partial charge is 0.295 e. The van der Waals surface area contributed by atoms with E-state index < -0.39 is 10.7 Å². The van der Waals surface area contributed by atoms with E-state index in [4.69, 9.17) is 0 Å². The molecule has 0 amide bonds. The van der Waals surface area contributed by atoms with E-state index in [0.29, 0.717) is 11.7 Å². The number of nitro benzene ring substituents is 1. The third kappa shape index (κ3) is 2.38. The van der Waals surface area contributed by atoms with Gasteiger partial charge in [-0.05, 0) is 25.0 Å². The quantitative estimate of drug-likeness (QED) is 0.600. The monoisotopic (exact) mass is 238 g/mol. The summed E-state index contributed by atoms with van der Waals surface area (Å²) in [5.74, 6) is -0.569. The molecule has 1 aromatic carbocycles. The van der Waals surface area contributed by atoms with Gasteiger partial charge in [0, 0.05) is 13.1 Å². The van der Waals surface area contributed by atoms with Gasteiger partial charge in [-0.2, -0.15) is 0 Å². The van der Waals surface area contributed by atoms with Gasteiger partial charge in [-0.1, -0.05) is 12.8 Å². The fourth-order valence-corrected chi connectivity index (χ4v) is 2.43. The summed E-state index contributed by atoms with van der Waals surface area (Å²) in [6.07, 6.45) is 4.41. The number of hydrogen-bond donors (Lipinski definition) is 0. The summed E-state index contributed by atoms with van der Waals surface area (Å²) in [5, 5.41) is 10.9. The van der Waals surface area contributed by atoms with Crippen LogP contribution in [-0.2, 0) is 0 Å². The van der Waals surface area contributed by atoms with Crippen molar-refractivity contribution in [2.75, 3.05) is 11.9 Å². The highest BCUT2D eigenvalue weighted by atomic mass is 19.1. The largest absolute Gasteiger partial charge is 0.366 e. The first-order valence-corrected chi connectivity index (χ1v) is 5.76. The molecular weight excluding hydrogens is 223 g/mol. The van der Waals surface area contributed by atoms with Crippen molar-refractivity contribution in [3.8, 4) is 0 Å². The summed E-state index contributed by atoms with van der Waals surface area (Å²) in [5.41, 5.74) is 0.350. The number of hydrogen-bond acceptors (Lipinski definition) is 3. The Morgan fingerprint density at radius 3 is 2.65 bits per heavy atom. The minimum atomic E-state index is -0.569. The van der Waals surface area contributed by atoms with Gasteiger partial charge in [0.25, 0.3) is 5.69 Å². The molecule has 5 heteroatoms. The van der Waals surface area contributed by atoms with E-state index in [0.717, 1.165) is 31.7 Å². The van der Waals surface area contributed by atoms with Crippen molar-refractivity contribution < 1.29 is 9.31 Å². The molecule has 0 aromatic heterocycles. The van der Waals surface area contributed by atoms with Gasteiger partial charge in [0.1, 0.15) is 11.5 Å². The Hall–Kier alpha value is -1.65. The van der Waals surface area contributed by atoms with Gasteiger partial charge >= 0.3 is 0 Å². The maximum atomic E-state index is 13.0. The molecule has 0 spiro atoms. The molecule has 0 N–H and O–H groups in total. The van der Waals surface area contributed by atoms with Crippen molar-refractivity contribution in [3.05, 3.63) is 34.1 Å². The predicted octanol–water partition coefficient (Wildman–Crippen LogP) is 3.11. The average molecular weight is 238 g/mol. The van der Waals surface area contributed by atoms with Crippen LogP contribution in [0.3, 0.4) is 0 Å². The highest BCUT2D eigenvalue weighted by molar-refractivity contribution is 5.63. The lowest BCUT2D eigenvalue weighted by molar-refractivity contribution is -0.384. The third-order valence-electron chi connectivity index (χ3n) is 3.39. The molecule has 17 heavy (non-hydrogen) atoms. The van der Waals surface area contributed by atoms with E-state index in [9.17, 15) is 14.5 Å². The SMILES string of the molecule is CN(c1ccc(F)cc1[N+](=O)[O-])C1CCCC1. The van der Waals surface area contributed by atoms with Gasteiger partial charge in [0.15, 0.2) is 0 Å². The third-order valence-corrected chi connectivity index (χ3v) is 3.39. The van der Waals surface area contributed by atoms with Crippen LogP contribution in [0.4, 0.5) is 15.8 Å². The number of halogens is 1. The zero-order valence-corrected chi connectivity index (χ0v) is 9.73. The van der Waals surface area contributed by atoms with Crippen LogP contribution in [0.2, 0.25) is 0 Å². The summed E-state index contributed by atoms with van der Waals surface area (Å²) >= 11 is 0. The first-order chi connectivity index (χ1) is 8.09. The fraction of sp³-hybridized carbons (Fsp3) is 0.500. The molecular formula is C12H15FN2O2. The molecule has 92 valence electrons. The molecule has 1 aromatic rings. The normalized spacial score (nSPS) is 16.1. The second-order valence-corrected chi connectivity index (χ2v) is 4.44. The summed E-state index contributed by atoms with van der Waals surface area (Å²) in [6, 6.07) is 4.08. The van der Waals surface area contributed by atoms with E-state index >= 15 is 0 Å². The van der Waals surface area contributed by atoms with Crippen molar-refractivity contribution in [2.24, 2.45) is 0 Å². The number of benzene rings is 1. The molecule has 0 heterocycles. The molecule has 1 saturated carbocycles. The van der Waals surface area contributed by atoms with Crippen LogP contribution in [0.1, 0.15) is 25.7 Å². The molecule has 1 aliphatic carbocycles. The van der Waals surface area contributed by atoms with Gasteiger partial charge in [0.05, 0.1) is 11.0 Å². The van der Waals surface area contributed by atoms with Gasteiger partial charge in [0.2, 0.25) is 0 Å². The van der Waals surface area contributed by atoms with Crippen LogP contribution < -0.4 is 4.90 Å². The maximum Gasteiger partial charge on any atom is 0.295 e. The Morgan fingerprint density at radius 2 is 2.06 bits per heavy atom. The number of nitro groups is 1. The van der Waals surface area contributed by atoms with Gasteiger partial charge < -0.3 is 4.90 Å². The molecule has 2 rings (SSSR count). The molecule has 4 nitrogen and oxygen atoms in total. The first kappa shape index (κ1) is 11.8. The van der Waals surface area contributed by atoms with Crippen LogP contribution in [0.5, 0.6) is 0 Å². The van der Waals surface area contributed by atoms with E-state index in [-0.39, 0.29) is 5.69 Å². The molecule has 0 bridgehead atoms. The van der Waals surface area contributed by atoms with Gasteiger partial charge in [-0.3, -0.25) is 10.1 Å². The van der Waals surface area contributed by atoms with Gasteiger partial charge in [-0.15, -0.1) is 0 Å². The van der Waals surface area contributed by atoms with Crippen LogP contribution in [-0.4, -0.2) is 18.0 Å². The van der Waals surface area contributed by atoms with Crippen molar-refractivity contribution in [1.82, 2.24) is 0 Å². The lowest BCUT2D eigenvalue weighted by Gasteiger charge is -2.26. The van der Waals surface area contributed by atoms with Crippen LogP contribution in [0.15, 0.2) is 18.2 Å². The summed E-state index contributed by atoms with van der Waals surface area (Å²) in [7, 11) is 1.84. The predicted molar refractivity (Wildman–Crippen MR) is 63.7 cm³/mol. The fourth-order valence-electron chi connectivity index (χ4n) is 2.43. The second kappa shape index (κ2) is 4.69. The lowest BCUT2D eigenvalue weighted by Crippen LogP contribution is -2.29. The van der Waals surface area contributed by atoms with Crippen molar-refractivity contribution in [3.63, 3.8) is 0 Å². The van der Waals surface area contributed by atoms with Crippen molar-refractivity contribution in [2.45, 2.75) is 31.7 Å². The first-order valence-electron chi connectivity index (χ1n) is 5.76. The number of anilines is 1. The second-order valence-electron chi connectivity index (χ2n) is 4.44. The zero-order chi connectivity index (χ0) is 12.4. The average Bonchev–Trinajstić information content (AvgIpc) is 2.81. The van der Waals surface area contributed by atoms with Crippen LogP contribution >= 0.6 is 0 Å². The van der Waals surface area contributed by atoms with E-state index in [1.807, 2.05) is 11.9 Å². The standard InChI is InChI=1S/C12H15FN2O2/c1-14(10-4-2-3-5-10)11-7-6-9(13)8-12(11)15(16)17/h6-8,10H,2-5H2,1H3. The highest BCUT2D eigenvalue weighted by Crippen LogP contribution is 2.33. The number of nitrogens with zero attached hydrogens (tertiary/aromatic N) is 2. The van der Waals surface area contributed by atoms with Crippen LogP contribution in [0.25, 0.3) is 0 Å². The lowest BCUT2D eigenvalue weighted by atomic mass is 10.1. The van der Waals surface area contributed by atoms with Crippen molar-refractivity contribution in [1.29, 1.82) is 0 Å².